The first-order chi connectivity index (χ1) is 44.6. The standard InChI is InChI=1S/C74H77N3O13/c75-77-76-66-70(84-48-59-35-19-6-20-36-59)68(82-46-57-31-15-4-16-32-57)64(51-78-43-54-25-9-1-10-26-54)89-73(66)87-53-63-67(81-45-56-29-13-3-14-30-56)62(41-42-80-63)88-74-72(86-50-61-39-23-8-24-40-61)71(85-49-60-37-21-7-22-38-60)69(83-47-58-33-17-5-18-34-58)65(90-74)52-79-44-55-27-11-2-12-28-55/h1-42,62-74H,43-53H2/t62-,63-,64-,65-,66-,67-,68-,69+,70-,71+,72-,73-,74-/m1/s1. The van der Waals surface area contributed by atoms with E-state index in [0.29, 0.717) is 13.2 Å². The minimum atomic E-state index is -1.18. The molecule has 16 nitrogen and oxygen atoms in total. The van der Waals surface area contributed by atoms with Crippen molar-refractivity contribution < 1.29 is 61.6 Å². The highest BCUT2D eigenvalue weighted by Crippen LogP contribution is 2.36. The highest BCUT2D eigenvalue weighted by atomic mass is 16.7. The Balaban J connectivity index is 0.907. The van der Waals surface area contributed by atoms with Crippen LogP contribution in [0.4, 0.5) is 0 Å². The first-order valence-corrected chi connectivity index (χ1v) is 30.7. The van der Waals surface area contributed by atoms with Crippen LogP contribution in [0.2, 0.25) is 0 Å². The van der Waals surface area contributed by atoms with E-state index in [0.717, 1.165) is 44.5 Å². The molecule has 2 saturated heterocycles. The summed E-state index contributed by atoms with van der Waals surface area (Å²) in [6, 6.07) is 78.4. The Hall–Kier alpha value is -7.87. The summed E-state index contributed by atoms with van der Waals surface area (Å²) in [5.74, 6) is 0. The van der Waals surface area contributed by atoms with Gasteiger partial charge in [-0.1, -0.05) is 248 Å². The molecule has 0 N–H and O–H groups in total. The van der Waals surface area contributed by atoms with Crippen LogP contribution in [0.15, 0.2) is 260 Å². The molecule has 0 saturated carbocycles. The first-order valence-electron chi connectivity index (χ1n) is 30.7. The van der Waals surface area contributed by atoms with Crippen LogP contribution >= 0.6 is 0 Å². The molecule has 13 atom stereocenters. The average Bonchev–Trinajstić information content (AvgIpc) is 1.34. The van der Waals surface area contributed by atoms with Crippen LogP contribution in [0.5, 0.6) is 0 Å². The molecule has 0 spiro atoms. The first kappa shape index (κ1) is 63.7. The SMILES string of the molecule is [N-]=[N+]=N[C@H]1[C@H](OC[C@H]2OC=C[C@@H](O[C@@H]3O[C@H](COCc4ccccc4)[C@H](OCc4ccccc4)[C@H](OCc4ccccc4)[C@H]3OCc3ccccc3)[C@H]2OCc2ccccc2)O[C@H](COCc2ccccc2)[C@@H](OCc2ccccc2)[C@@H]1OCc1ccccc1. The van der Waals surface area contributed by atoms with E-state index < -0.39 is 79.7 Å². The lowest BCUT2D eigenvalue weighted by atomic mass is 9.96. The monoisotopic (exact) mass is 1220 g/mol. The van der Waals surface area contributed by atoms with E-state index in [9.17, 15) is 5.53 Å². The fourth-order valence-electron chi connectivity index (χ4n) is 11.2. The highest BCUT2D eigenvalue weighted by Gasteiger charge is 2.52. The Kier molecular flexibility index (Phi) is 24.3. The summed E-state index contributed by atoms with van der Waals surface area (Å²) >= 11 is 0. The highest BCUT2D eigenvalue weighted by molar-refractivity contribution is 5.20. The van der Waals surface area contributed by atoms with Gasteiger partial charge in [0.1, 0.15) is 61.0 Å². The maximum Gasteiger partial charge on any atom is 0.187 e. The Morgan fingerprint density at radius 3 is 1.03 bits per heavy atom. The number of azide groups is 1. The van der Waals surface area contributed by atoms with Gasteiger partial charge in [-0.3, -0.25) is 0 Å². The molecule has 3 aliphatic rings. The van der Waals surface area contributed by atoms with E-state index in [1.165, 1.54) is 0 Å². The lowest BCUT2D eigenvalue weighted by molar-refractivity contribution is -0.341. The number of nitrogens with zero attached hydrogens (tertiary/aromatic N) is 3. The number of ether oxygens (including phenoxy) is 13. The van der Waals surface area contributed by atoms with Crippen LogP contribution in [0.3, 0.4) is 0 Å². The normalized spacial score (nSPS) is 24.8. The summed E-state index contributed by atoms with van der Waals surface area (Å²) in [6.07, 6.45) is -6.93. The zero-order chi connectivity index (χ0) is 61.2. The maximum atomic E-state index is 10.4. The maximum absolute atomic E-state index is 10.4. The van der Waals surface area contributed by atoms with E-state index in [1.807, 2.05) is 249 Å². The molecule has 2 fully saturated rings. The Morgan fingerprint density at radius 2 is 0.644 bits per heavy atom. The molecule has 0 aromatic heterocycles. The van der Waals surface area contributed by atoms with Gasteiger partial charge in [0.2, 0.25) is 0 Å². The van der Waals surface area contributed by atoms with Crippen molar-refractivity contribution in [2.75, 3.05) is 19.8 Å². The fraction of sp³-hybridized carbons (Fsp3) is 0.324. The smallest absolute Gasteiger partial charge is 0.187 e. The second-order valence-corrected chi connectivity index (χ2v) is 22.3. The van der Waals surface area contributed by atoms with Crippen molar-refractivity contribution in [3.05, 3.63) is 310 Å². The number of benzene rings is 8. The van der Waals surface area contributed by atoms with Crippen LogP contribution in [0.1, 0.15) is 44.5 Å². The summed E-state index contributed by atoms with van der Waals surface area (Å²) in [6.45, 7) is 2.02. The van der Waals surface area contributed by atoms with E-state index >= 15 is 0 Å². The third-order valence-corrected chi connectivity index (χ3v) is 15.8. The predicted octanol–water partition coefficient (Wildman–Crippen LogP) is 13.4. The van der Waals surface area contributed by atoms with Crippen molar-refractivity contribution in [2.24, 2.45) is 5.11 Å². The van der Waals surface area contributed by atoms with E-state index in [2.05, 4.69) is 10.0 Å². The molecule has 3 heterocycles. The van der Waals surface area contributed by atoms with E-state index in [-0.39, 0.29) is 59.5 Å². The summed E-state index contributed by atoms with van der Waals surface area (Å²) < 4.78 is 89.5. The van der Waals surface area contributed by atoms with Crippen molar-refractivity contribution >= 4 is 0 Å². The Labute approximate surface area is 526 Å². The van der Waals surface area contributed by atoms with Gasteiger partial charge in [-0.2, -0.15) is 0 Å². The van der Waals surface area contributed by atoms with Crippen molar-refractivity contribution in [3.63, 3.8) is 0 Å². The molecule has 90 heavy (non-hydrogen) atoms. The molecule has 11 rings (SSSR count). The quantitative estimate of drug-likeness (QED) is 0.0222. The second kappa shape index (κ2) is 34.4. The summed E-state index contributed by atoms with van der Waals surface area (Å²) in [5, 5.41) is 4.36. The number of hydrogen-bond acceptors (Lipinski definition) is 14. The molecular formula is C74H77N3O13. The average molecular weight is 1220 g/mol. The van der Waals surface area contributed by atoms with Crippen LogP contribution in [0.25, 0.3) is 10.4 Å². The van der Waals surface area contributed by atoms with Crippen LogP contribution in [0, 0.1) is 0 Å². The van der Waals surface area contributed by atoms with Crippen LogP contribution in [-0.4, -0.2) is 99.5 Å². The summed E-state index contributed by atoms with van der Waals surface area (Å²) in [5.41, 5.74) is 18.0. The second-order valence-electron chi connectivity index (χ2n) is 22.3. The molecule has 466 valence electrons. The number of hydrogen-bond donors (Lipinski definition) is 0. The molecule has 0 unspecified atom stereocenters. The molecule has 0 bridgehead atoms. The van der Waals surface area contributed by atoms with Gasteiger partial charge in [0.15, 0.2) is 18.7 Å². The van der Waals surface area contributed by atoms with Crippen molar-refractivity contribution in [1.82, 2.24) is 0 Å². The fourth-order valence-corrected chi connectivity index (χ4v) is 11.2. The van der Waals surface area contributed by atoms with Gasteiger partial charge in [0.05, 0.1) is 78.9 Å². The molecule has 0 amide bonds. The molecular weight excluding hydrogens is 1140 g/mol. The van der Waals surface area contributed by atoms with Crippen molar-refractivity contribution in [2.45, 2.75) is 133 Å². The van der Waals surface area contributed by atoms with Crippen molar-refractivity contribution in [1.29, 1.82) is 0 Å². The van der Waals surface area contributed by atoms with Gasteiger partial charge in [-0.15, -0.1) is 0 Å². The molecule has 8 aromatic carbocycles. The third-order valence-electron chi connectivity index (χ3n) is 15.8. The number of rotatable bonds is 32. The largest absolute Gasteiger partial charge is 0.493 e. The molecule has 8 aromatic rings. The lowest BCUT2D eigenvalue weighted by Crippen LogP contribution is -2.63. The zero-order valence-electron chi connectivity index (χ0n) is 50.2. The van der Waals surface area contributed by atoms with Gasteiger partial charge in [0, 0.05) is 4.91 Å². The third kappa shape index (κ3) is 18.6. The topological polar surface area (TPSA) is 169 Å². The zero-order valence-corrected chi connectivity index (χ0v) is 50.2. The minimum Gasteiger partial charge on any atom is -0.493 e. The molecule has 0 aliphatic carbocycles. The van der Waals surface area contributed by atoms with Gasteiger partial charge < -0.3 is 61.6 Å². The molecule has 0 radical (unpaired) electrons. The molecule has 3 aliphatic heterocycles. The van der Waals surface area contributed by atoms with Gasteiger partial charge in [-0.25, -0.2) is 0 Å². The van der Waals surface area contributed by atoms with Gasteiger partial charge in [-0.05, 0) is 56.1 Å². The van der Waals surface area contributed by atoms with Gasteiger partial charge in [0.25, 0.3) is 0 Å². The van der Waals surface area contributed by atoms with Crippen molar-refractivity contribution in [3.8, 4) is 0 Å². The van der Waals surface area contributed by atoms with Gasteiger partial charge >= 0.3 is 0 Å². The lowest BCUT2D eigenvalue weighted by Gasteiger charge is -2.47. The van der Waals surface area contributed by atoms with Crippen LogP contribution < -0.4 is 0 Å². The Bertz CT molecular complexity index is 3360. The van der Waals surface area contributed by atoms with E-state index in [4.69, 9.17) is 61.6 Å². The summed E-state index contributed by atoms with van der Waals surface area (Å²) in [7, 11) is 0. The van der Waals surface area contributed by atoms with Crippen LogP contribution in [-0.2, 0) is 114 Å². The molecule has 16 heteroatoms. The Morgan fingerprint density at radius 1 is 0.322 bits per heavy atom. The minimum absolute atomic E-state index is 0.0885. The predicted molar refractivity (Wildman–Crippen MR) is 337 cm³/mol. The van der Waals surface area contributed by atoms with E-state index in [1.54, 1.807) is 6.26 Å². The summed E-state index contributed by atoms with van der Waals surface area (Å²) in [4.78, 5) is 3.35.